The lowest BCUT2D eigenvalue weighted by Gasteiger charge is -2.24. The van der Waals surface area contributed by atoms with Crippen LogP contribution in [0.2, 0.25) is 0 Å². The molecule has 1 atom stereocenters. The van der Waals surface area contributed by atoms with Gasteiger partial charge in [0.05, 0.1) is 6.61 Å². The van der Waals surface area contributed by atoms with Gasteiger partial charge < -0.3 is 19.5 Å². The van der Waals surface area contributed by atoms with Crippen LogP contribution in [-0.4, -0.2) is 54.4 Å². The molecule has 1 aliphatic heterocycles. The number of hydrogen-bond donors (Lipinski definition) is 1. The SMILES string of the molecule is CCNC(=NCc1nc(C)no1)N(C)CC1CCOC1.I. The van der Waals surface area contributed by atoms with Crippen molar-refractivity contribution < 1.29 is 9.26 Å². The van der Waals surface area contributed by atoms with Crippen LogP contribution < -0.4 is 5.32 Å². The quantitative estimate of drug-likeness (QED) is 0.451. The Labute approximate surface area is 142 Å². The molecule has 8 heteroatoms. The monoisotopic (exact) mass is 409 g/mol. The molecular formula is C13H24IN5O2. The standard InChI is InChI=1S/C13H23N5O2.HI/c1-4-14-13(15-7-12-16-10(2)17-20-12)18(3)8-11-5-6-19-9-11;/h11H,4-9H2,1-3H3,(H,14,15);1H. The van der Waals surface area contributed by atoms with Gasteiger partial charge in [-0.3, -0.25) is 0 Å². The van der Waals surface area contributed by atoms with E-state index < -0.39 is 0 Å². The molecule has 2 heterocycles. The van der Waals surface area contributed by atoms with Gasteiger partial charge in [-0.2, -0.15) is 4.98 Å². The number of ether oxygens (including phenoxy) is 1. The third-order valence-corrected chi connectivity index (χ3v) is 3.19. The number of nitrogens with one attached hydrogen (secondary N) is 1. The van der Waals surface area contributed by atoms with E-state index in [-0.39, 0.29) is 24.0 Å². The largest absolute Gasteiger partial charge is 0.381 e. The smallest absolute Gasteiger partial charge is 0.248 e. The van der Waals surface area contributed by atoms with Gasteiger partial charge in [0, 0.05) is 32.7 Å². The normalized spacial score (nSPS) is 18.4. The van der Waals surface area contributed by atoms with Crippen LogP contribution >= 0.6 is 24.0 Å². The Hall–Kier alpha value is -0.900. The van der Waals surface area contributed by atoms with Crippen LogP contribution in [0.3, 0.4) is 0 Å². The van der Waals surface area contributed by atoms with Crippen LogP contribution in [-0.2, 0) is 11.3 Å². The lowest BCUT2D eigenvalue weighted by atomic mass is 10.1. The molecular weight excluding hydrogens is 385 g/mol. The van der Waals surface area contributed by atoms with E-state index in [9.17, 15) is 0 Å². The van der Waals surface area contributed by atoms with Crippen molar-refractivity contribution in [1.82, 2.24) is 20.4 Å². The number of nitrogens with zero attached hydrogens (tertiary/aromatic N) is 4. The van der Waals surface area contributed by atoms with Crippen molar-refractivity contribution >= 4 is 29.9 Å². The molecule has 0 radical (unpaired) electrons. The molecule has 0 bridgehead atoms. The summed E-state index contributed by atoms with van der Waals surface area (Å²) in [7, 11) is 2.04. The van der Waals surface area contributed by atoms with E-state index in [0.29, 0.717) is 24.2 Å². The summed E-state index contributed by atoms with van der Waals surface area (Å²) in [5, 5.41) is 7.04. The Bertz CT molecular complexity index is 446. The number of hydrogen-bond acceptors (Lipinski definition) is 5. The second kappa shape index (κ2) is 9.19. The van der Waals surface area contributed by atoms with Gasteiger partial charge in [0.1, 0.15) is 6.54 Å². The summed E-state index contributed by atoms with van der Waals surface area (Å²) in [6.07, 6.45) is 1.12. The Balaban J connectivity index is 0.00000220. The van der Waals surface area contributed by atoms with Gasteiger partial charge in [0.2, 0.25) is 5.89 Å². The Kier molecular flexibility index (Phi) is 7.94. The highest BCUT2D eigenvalue weighted by Crippen LogP contribution is 2.13. The van der Waals surface area contributed by atoms with E-state index >= 15 is 0 Å². The second-order valence-corrected chi connectivity index (χ2v) is 5.02. The molecule has 120 valence electrons. The van der Waals surface area contributed by atoms with E-state index in [1.54, 1.807) is 6.92 Å². The van der Waals surface area contributed by atoms with Crippen LogP contribution in [0.25, 0.3) is 0 Å². The molecule has 0 spiro atoms. The summed E-state index contributed by atoms with van der Waals surface area (Å²) in [5.74, 6) is 2.61. The lowest BCUT2D eigenvalue weighted by Crippen LogP contribution is -2.41. The van der Waals surface area contributed by atoms with Crippen LogP contribution in [0.4, 0.5) is 0 Å². The highest BCUT2D eigenvalue weighted by Gasteiger charge is 2.19. The number of aromatic nitrogens is 2. The van der Waals surface area contributed by atoms with Gasteiger partial charge in [0.25, 0.3) is 0 Å². The van der Waals surface area contributed by atoms with E-state index in [2.05, 4.69) is 32.3 Å². The molecule has 21 heavy (non-hydrogen) atoms. The third-order valence-electron chi connectivity index (χ3n) is 3.19. The molecule has 0 saturated carbocycles. The molecule has 1 N–H and O–H groups in total. The maximum absolute atomic E-state index is 5.41. The van der Waals surface area contributed by atoms with Crippen LogP contribution in [0.1, 0.15) is 25.1 Å². The molecule has 7 nitrogen and oxygen atoms in total. The van der Waals surface area contributed by atoms with E-state index in [1.807, 2.05) is 7.05 Å². The molecule has 2 rings (SSSR count). The van der Waals surface area contributed by atoms with Crippen molar-refractivity contribution in [2.75, 3.05) is 33.4 Å². The Morgan fingerprint density at radius 2 is 2.33 bits per heavy atom. The maximum atomic E-state index is 5.41. The molecule has 1 aromatic heterocycles. The zero-order valence-electron chi connectivity index (χ0n) is 12.8. The molecule has 0 amide bonds. The Morgan fingerprint density at radius 1 is 1.52 bits per heavy atom. The predicted octanol–water partition coefficient (Wildman–Crippen LogP) is 1.43. The lowest BCUT2D eigenvalue weighted by molar-refractivity contribution is 0.181. The van der Waals surface area contributed by atoms with Crippen LogP contribution in [0.15, 0.2) is 9.52 Å². The first kappa shape index (κ1) is 18.1. The fourth-order valence-electron chi connectivity index (χ4n) is 2.22. The van der Waals surface area contributed by atoms with Gasteiger partial charge in [-0.25, -0.2) is 4.99 Å². The second-order valence-electron chi connectivity index (χ2n) is 5.02. The molecule has 1 saturated heterocycles. The molecule has 1 unspecified atom stereocenters. The van der Waals surface area contributed by atoms with E-state index in [4.69, 9.17) is 9.26 Å². The summed E-state index contributed by atoms with van der Waals surface area (Å²) < 4.78 is 10.5. The minimum atomic E-state index is 0. The van der Waals surface area contributed by atoms with Gasteiger partial charge in [-0.05, 0) is 20.3 Å². The topological polar surface area (TPSA) is 75.8 Å². The Morgan fingerprint density at radius 3 is 2.90 bits per heavy atom. The van der Waals surface area contributed by atoms with Crippen molar-refractivity contribution in [3.63, 3.8) is 0 Å². The first-order chi connectivity index (χ1) is 9.69. The number of aryl methyl sites for hydroxylation is 1. The molecule has 0 aliphatic carbocycles. The third kappa shape index (κ3) is 5.77. The fraction of sp³-hybridized carbons (Fsp3) is 0.769. The number of halogens is 1. The predicted molar refractivity (Wildman–Crippen MR) is 90.8 cm³/mol. The first-order valence-electron chi connectivity index (χ1n) is 7.05. The highest BCUT2D eigenvalue weighted by atomic mass is 127. The fourth-order valence-corrected chi connectivity index (χ4v) is 2.22. The molecule has 1 fully saturated rings. The highest BCUT2D eigenvalue weighted by molar-refractivity contribution is 14.0. The van der Waals surface area contributed by atoms with Gasteiger partial charge in [-0.15, -0.1) is 24.0 Å². The maximum Gasteiger partial charge on any atom is 0.248 e. The van der Waals surface area contributed by atoms with E-state index in [0.717, 1.165) is 38.7 Å². The van der Waals surface area contributed by atoms with Crippen molar-refractivity contribution in [3.8, 4) is 0 Å². The van der Waals surface area contributed by atoms with E-state index in [1.165, 1.54) is 0 Å². The average Bonchev–Trinajstić information content (AvgIpc) is 3.06. The van der Waals surface area contributed by atoms with Crippen molar-refractivity contribution in [2.45, 2.75) is 26.8 Å². The van der Waals surface area contributed by atoms with Crippen LogP contribution in [0, 0.1) is 12.8 Å². The van der Waals surface area contributed by atoms with Crippen LogP contribution in [0.5, 0.6) is 0 Å². The number of aliphatic imine (C=N–C) groups is 1. The zero-order valence-corrected chi connectivity index (χ0v) is 15.2. The molecule has 0 aromatic carbocycles. The summed E-state index contributed by atoms with van der Waals surface area (Å²) >= 11 is 0. The summed E-state index contributed by atoms with van der Waals surface area (Å²) in [6, 6.07) is 0. The van der Waals surface area contributed by atoms with Crippen molar-refractivity contribution in [1.29, 1.82) is 0 Å². The number of rotatable bonds is 5. The minimum absolute atomic E-state index is 0. The first-order valence-corrected chi connectivity index (χ1v) is 7.05. The van der Waals surface area contributed by atoms with Crippen molar-refractivity contribution in [3.05, 3.63) is 11.7 Å². The molecule has 1 aliphatic rings. The number of guanidine groups is 1. The average molecular weight is 409 g/mol. The minimum Gasteiger partial charge on any atom is -0.381 e. The summed E-state index contributed by atoms with van der Waals surface area (Å²) in [4.78, 5) is 10.8. The summed E-state index contributed by atoms with van der Waals surface area (Å²) in [5.41, 5.74) is 0. The summed E-state index contributed by atoms with van der Waals surface area (Å²) in [6.45, 7) is 7.73. The van der Waals surface area contributed by atoms with Gasteiger partial charge in [0.15, 0.2) is 11.8 Å². The molecule has 1 aromatic rings. The zero-order chi connectivity index (χ0) is 14.4. The van der Waals surface area contributed by atoms with Crippen molar-refractivity contribution in [2.24, 2.45) is 10.9 Å². The van der Waals surface area contributed by atoms with Gasteiger partial charge in [-0.1, -0.05) is 5.16 Å². The van der Waals surface area contributed by atoms with Gasteiger partial charge >= 0.3 is 0 Å².